The Kier molecular flexibility index (Phi) is 4.29. The number of piperazine rings is 1. The van der Waals surface area contributed by atoms with Crippen molar-refractivity contribution in [3.63, 3.8) is 0 Å². The van der Waals surface area contributed by atoms with Crippen LogP contribution in [-0.2, 0) is 4.79 Å². The molecule has 2 aliphatic heterocycles. The van der Waals surface area contributed by atoms with Crippen molar-refractivity contribution in [3.05, 3.63) is 0 Å². The summed E-state index contributed by atoms with van der Waals surface area (Å²) in [5, 5.41) is 3.40. The van der Waals surface area contributed by atoms with E-state index in [1.54, 1.807) is 0 Å². The fourth-order valence-corrected chi connectivity index (χ4v) is 3.66. The summed E-state index contributed by atoms with van der Waals surface area (Å²) in [6, 6.07) is 1.56. The maximum absolute atomic E-state index is 11.6. The van der Waals surface area contributed by atoms with Crippen LogP contribution in [0.2, 0.25) is 0 Å². The lowest BCUT2D eigenvalue weighted by Gasteiger charge is -2.48. The van der Waals surface area contributed by atoms with Crippen LogP contribution in [0.15, 0.2) is 0 Å². The van der Waals surface area contributed by atoms with Crippen molar-refractivity contribution in [2.75, 3.05) is 26.2 Å². The summed E-state index contributed by atoms with van der Waals surface area (Å²) >= 11 is 0. The number of hydrogen-bond acceptors (Lipinski definition) is 4. The number of primary amides is 1. The summed E-state index contributed by atoms with van der Waals surface area (Å²) in [6.07, 6.45) is 6.38. The number of carbonyl (C=O) groups excluding carboxylic acids is 1. The van der Waals surface area contributed by atoms with Crippen molar-refractivity contribution in [2.45, 2.75) is 63.2 Å². The number of rotatable bonds is 5. The van der Waals surface area contributed by atoms with E-state index in [1.807, 2.05) is 0 Å². The Labute approximate surface area is 121 Å². The zero-order valence-corrected chi connectivity index (χ0v) is 12.6. The Morgan fingerprint density at radius 3 is 2.80 bits per heavy atom. The van der Waals surface area contributed by atoms with Crippen LogP contribution in [-0.4, -0.2) is 66.1 Å². The first kappa shape index (κ1) is 14.3. The van der Waals surface area contributed by atoms with Crippen LogP contribution in [0.4, 0.5) is 0 Å². The standard InChI is InChI=1S/C15H28N4O/c1-11-8-18-7-3-2-4-13(18)9-19(11)10-14(15(16)20)17-12-5-6-12/h11-14,17H,2-10H2,1H3,(H2,16,20). The highest BCUT2D eigenvalue weighted by Crippen LogP contribution is 2.25. The molecule has 3 atom stereocenters. The first-order valence-corrected chi connectivity index (χ1v) is 8.17. The Bertz CT molecular complexity index is 358. The van der Waals surface area contributed by atoms with E-state index in [0.29, 0.717) is 18.1 Å². The molecule has 1 saturated carbocycles. The molecule has 3 rings (SSSR count). The van der Waals surface area contributed by atoms with Crippen molar-refractivity contribution in [2.24, 2.45) is 5.73 Å². The molecule has 3 unspecified atom stereocenters. The average molecular weight is 280 g/mol. The Balaban J connectivity index is 1.58. The Morgan fingerprint density at radius 1 is 1.30 bits per heavy atom. The third-order valence-corrected chi connectivity index (χ3v) is 5.09. The van der Waals surface area contributed by atoms with E-state index in [2.05, 4.69) is 22.0 Å². The monoisotopic (exact) mass is 280 g/mol. The van der Waals surface area contributed by atoms with Crippen LogP contribution in [0.1, 0.15) is 39.0 Å². The van der Waals surface area contributed by atoms with Crippen LogP contribution in [0.25, 0.3) is 0 Å². The zero-order valence-electron chi connectivity index (χ0n) is 12.6. The van der Waals surface area contributed by atoms with Crippen LogP contribution >= 0.6 is 0 Å². The maximum atomic E-state index is 11.6. The fraction of sp³-hybridized carbons (Fsp3) is 0.933. The number of amides is 1. The number of piperidine rings is 1. The molecule has 0 radical (unpaired) electrons. The number of nitrogens with zero attached hydrogens (tertiary/aromatic N) is 2. The molecule has 5 heteroatoms. The molecule has 0 aromatic heterocycles. The van der Waals surface area contributed by atoms with Gasteiger partial charge in [0.05, 0.1) is 6.04 Å². The smallest absolute Gasteiger partial charge is 0.235 e. The van der Waals surface area contributed by atoms with E-state index in [1.165, 1.54) is 38.6 Å². The summed E-state index contributed by atoms with van der Waals surface area (Å²) in [5.74, 6) is -0.199. The van der Waals surface area contributed by atoms with E-state index < -0.39 is 0 Å². The molecule has 2 saturated heterocycles. The van der Waals surface area contributed by atoms with Crippen molar-refractivity contribution in [3.8, 4) is 0 Å². The first-order chi connectivity index (χ1) is 9.63. The predicted octanol–water partition coefficient (Wildman–Crippen LogP) is 0.151. The second kappa shape index (κ2) is 6.00. The molecule has 3 N–H and O–H groups in total. The average Bonchev–Trinajstić information content (AvgIpc) is 3.22. The SMILES string of the molecule is CC1CN2CCCCC2CN1CC(NC1CC1)C(N)=O. The minimum absolute atomic E-state index is 0.180. The molecule has 0 aromatic carbocycles. The second-order valence-corrected chi connectivity index (χ2v) is 6.84. The fourth-order valence-electron chi connectivity index (χ4n) is 3.66. The summed E-state index contributed by atoms with van der Waals surface area (Å²) in [6.45, 7) is 6.54. The molecule has 3 aliphatic rings. The molecule has 5 nitrogen and oxygen atoms in total. The summed E-state index contributed by atoms with van der Waals surface area (Å²) < 4.78 is 0. The first-order valence-electron chi connectivity index (χ1n) is 8.17. The molecule has 1 aliphatic carbocycles. The minimum Gasteiger partial charge on any atom is -0.368 e. The molecular weight excluding hydrogens is 252 g/mol. The molecular formula is C15H28N4O. The Hall–Kier alpha value is -0.650. The molecule has 3 fully saturated rings. The lowest BCUT2D eigenvalue weighted by Crippen LogP contribution is -2.62. The molecule has 0 spiro atoms. The van der Waals surface area contributed by atoms with Gasteiger partial charge in [-0.1, -0.05) is 6.42 Å². The van der Waals surface area contributed by atoms with E-state index in [9.17, 15) is 4.79 Å². The molecule has 0 aromatic rings. The number of fused-ring (bicyclic) bond motifs is 1. The van der Waals surface area contributed by atoms with E-state index in [0.717, 1.165) is 19.6 Å². The molecule has 114 valence electrons. The highest BCUT2D eigenvalue weighted by Gasteiger charge is 2.35. The lowest BCUT2D eigenvalue weighted by molar-refractivity contribution is -0.121. The number of nitrogens with two attached hydrogens (primary N) is 1. The number of carbonyl (C=O) groups is 1. The highest BCUT2D eigenvalue weighted by atomic mass is 16.1. The van der Waals surface area contributed by atoms with E-state index >= 15 is 0 Å². The summed E-state index contributed by atoms with van der Waals surface area (Å²) in [7, 11) is 0. The van der Waals surface area contributed by atoms with Crippen LogP contribution in [0, 0.1) is 0 Å². The van der Waals surface area contributed by atoms with Crippen LogP contribution in [0.5, 0.6) is 0 Å². The zero-order chi connectivity index (χ0) is 14.1. The van der Waals surface area contributed by atoms with E-state index in [-0.39, 0.29) is 11.9 Å². The van der Waals surface area contributed by atoms with Gasteiger partial charge in [-0.2, -0.15) is 0 Å². The van der Waals surface area contributed by atoms with Crippen LogP contribution < -0.4 is 11.1 Å². The maximum Gasteiger partial charge on any atom is 0.235 e. The van der Waals surface area contributed by atoms with E-state index in [4.69, 9.17) is 5.73 Å². The van der Waals surface area contributed by atoms with Crippen molar-refractivity contribution in [1.82, 2.24) is 15.1 Å². The number of nitrogens with one attached hydrogen (secondary N) is 1. The van der Waals surface area contributed by atoms with Crippen molar-refractivity contribution < 1.29 is 4.79 Å². The van der Waals surface area contributed by atoms with Crippen LogP contribution in [0.3, 0.4) is 0 Å². The normalized spacial score (nSPS) is 33.6. The van der Waals surface area contributed by atoms with Gasteiger partial charge in [-0.15, -0.1) is 0 Å². The van der Waals surface area contributed by atoms with Gasteiger partial charge in [0.25, 0.3) is 0 Å². The lowest BCUT2D eigenvalue weighted by atomic mass is 9.96. The van der Waals surface area contributed by atoms with Crippen molar-refractivity contribution >= 4 is 5.91 Å². The minimum atomic E-state index is -0.199. The molecule has 1 amide bonds. The highest BCUT2D eigenvalue weighted by molar-refractivity contribution is 5.80. The van der Waals surface area contributed by atoms with Gasteiger partial charge < -0.3 is 11.1 Å². The summed E-state index contributed by atoms with van der Waals surface area (Å²) in [4.78, 5) is 16.8. The van der Waals surface area contributed by atoms with Gasteiger partial charge >= 0.3 is 0 Å². The third-order valence-electron chi connectivity index (χ3n) is 5.09. The van der Waals surface area contributed by atoms with Gasteiger partial charge in [-0.3, -0.25) is 14.6 Å². The predicted molar refractivity (Wildman–Crippen MR) is 79.4 cm³/mol. The summed E-state index contributed by atoms with van der Waals surface area (Å²) in [5.41, 5.74) is 5.57. The Morgan fingerprint density at radius 2 is 2.10 bits per heavy atom. The van der Waals surface area contributed by atoms with Gasteiger partial charge in [0.2, 0.25) is 5.91 Å². The molecule has 20 heavy (non-hydrogen) atoms. The molecule has 0 bridgehead atoms. The van der Waals surface area contributed by atoms with Gasteiger partial charge in [0.1, 0.15) is 0 Å². The van der Waals surface area contributed by atoms with Gasteiger partial charge in [-0.05, 0) is 39.2 Å². The third kappa shape index (κ3) is 3.32. The molecule has 2 heterocycles. The van der Waals surface area contributed by atoms with Gasteiger partial charge in [-0.25, -0.2) is 0 Å². The van der Waals surface area contributed by atoms with Gasteiger partial charge in [0, 0.05) is 37.8 Å². The largest absolute Gasteiger partial charge is 0.368 e. The van der Waals surface area contributed by atoms with Crippen molar-refractivity contribution in [1.29, 1.82) is 0 Å². The van der Waals surface area contributed by atoms with Gasteiger partial charge in [0.15, 0.2) is 0 Å². The second-order valence-electron chi connectivity index (χ2n) is 6.84. The number of hydrogen-bond donors (Lipinski definition) is 2. The topological polar surface area (TPSA) is 61.6 Å². The quantitative estimate of drug-likeness (QED) is 0.753.